The average molecular weight is 466 g/mol. The molecular formula is C19H21F3O6S2. The van der Waals surface area contributed by atoms with Crippen molar-refractivity contribution in [1.82, 2.24) is 0 Å². The lowest BCUT2D eigenvalue weighted by molar-refractivity contribution is -0.0496. The highest BCUT2D eigenvalue weighted by molar-refractivity contribution is 8.33. The third-order valence-corrected chi connectivity index (χ3v) is 9.85. The molecule has 6 nitrogen and oxygen atoms in total. The van der Waals surface area contributed by atoms with Gasteiger partial charge in [0.25, 0.3) is 0 Å². The highest BCUT2D eigenvalue weighted by atomic mass is 32.3. The standard InChI is InChI=1S/C19H21F3O6S2/c1-13(2)26-18(23)27-16-9-10-17(15-8-4-3-7-14(15)16)29(11-5-6-12-29)28-30(24,25)19(20,21)22/h3-4,7-10,13H,5-6,11-12H2,1-2H3. The minimum Gasteiger partial charge on any atom is -0.431 e. The lowest BCUT2D eigenvalue weighted by Gasteiger charge is -2.35. The van der Waals surface area contributed by atoms with Crippen LogP contribution in [0.4, 0.5) is 18.0 Å². The first-order valence-electron chi connectivity index (χ1n) is 9.16. The summed E-state index contributed by atoms with van der Waals surface area (Å²) in [6, 6.07) is 9.53. The van der Waals surface area contributed by atoms with Crippen molar-refractivity contribution in [2.75, 3.05) is 11.5 Å². The summed E-state index contributed by atoms with van der Waals surface area (Å²) < 4.78 is 77.9. The fourth-order valence-corrected chi connectivity index (χ4v) is 8.67. The summed E-state index contributed by atoms with van der Waals surface area (Å²) in [6.07, 6.45) is -0.205. The largest absolute Gasteiger partial charge is 0.523 e. The van der Waals surface area contributed by atoms with E-state index in [0.717, 1.165) is 0 Å². The van der Waals surface area contributed by atoms with Gasteiger partial charge in [0.1, 0.15) is 5.75 Å². The van der Waals surface area contributed by atoms with Crippen LogP contribution < -0.4 is 4.74 Å². The van der Waals surface area contributed by atoms with Crippen molar-refractivity contribution in [3.8, 4) is 5.75 Å². The second-order valence-corrected chi connectivity index (χ2v) is 11.8. The fourth-order valence-electron chi connectivity index (χ4n) is 3.27. The number of rotatable bonds is 5. The van der Waals surface area contributed by atoms with E-state index in [1.165, 1.54) is 12.1 Å². The first-order valence-corrected chi connectivity index (χ1v) is 12.5. The molecule has 0 aliphatic carbocycles. The van der Waals surface area contributed by atoms with Gasteiger partial charge in [0, 0.05) is 21.8 Å². The highest BCUT2D eigenvalue weighted by Crippen LogP contribution is 2.65. The third-order valence-electron chi connectivity index (χ3n) is 4.47. The molecule has 1 aliphatic heterocycles. The van der Waals surface area contributed by atoms with Gasteiger partial charge in [-0.05, 0) is 44.2 Å². The number of ether oxygens (including phenoxy) is 2. The van der Waals surface area contributed by atoms with Crippen LogP contribution in [0.5, 0.6) is 5.75 Å². The number of hydrogen-bond donors (Lipinski definition) is 0. The van der Waals surface area contributed by atoms with Crippen LogP contribution in [0, 0.1) is 0 Å². The molecule has 1 fully saturated rings. The molecular weight excluding hydrogens is 445 g/mol. The molecule has 1 saturated heterocycles. The van der Waals surface area contributed by atoms with Crippen LogP contribution in [0.3, 0.4) is 0 Å². The van der Waals surface area contributed by atoms with Gasteiger partial charge < -0.3 is 9.47 Å². The van der Waals surface area contributed by atoms with Crippen molar-refractivity contribution in [2.24, 2.45) is 0 Å². The lowest BCUT2D eigenvalue weighted by atomic mass is 10.1. The number of carbonyl (C=O) groups is 1. The Morgan fingerprint density at radius 2 is 1.63 bits per heavy atom. The van der Waals surface area contributed by atoms with Crippen molar-refractivity contribution < 1.29 is 39.5 Å². The van der Waals surface area contributed by atoms with Crippen LogP contribution in [-0.4, -0.2) is 37.7 Å². The first kappa shape index (κ1) is 22.7. The molecule has 1 heterocycles. The van der Waals surface area contributed by atoms with Crippen LogP contribution in [-0.2, 0) is 18.5 Å². The molecule has 166 valence electrons. The maximum Gasteiger partial charge on any atom is 0.523 e. The van der Waals surface area contributed by atoms with Crippen molar-refractivity contribution >= 4 is 37.4 Å². The Hall–Kier alpha value is -1.98. The predicted molar refractivity (Wildman–Crippen MR) is 107 cm³/mol. The summed E-state index contributed by atoms with van der Waals surface area (Å²) in [5.74, 6) is 0.551. The zero-order valence-electron chi connectivity index (χ0n) is 16.3. The predicted octanol–water partition coefficient (Wildman–Crippen LogP) is 5.50. The van der Waals surface area contributed by atoms with E-state index in [0.29, 0.717) is 28.5 Å². The monoisotopic (exact) mass is 466 g/mol. The summed E-state index contributed by atoms with van der Waals surface area (Å²) >= 11 is 0. The van der Waals surface area contributed by atoms with Crippen LogP contribution in [0.15, 0.2) is 41.3 Å². The van der Waals surface area contributed by atoms with Gasteiger partial charge in [-0.2, -0.15) is 21.6 Å². The maximum atomic E-state index is 13.0. The van der Waals surface area contributed by atoms with E-state index in [1.807, 2.05) is 0 Å². The molecule has 0 spiro atoms. The topological polar surface area (TPSA) is 78.9 Å². The molecule has 0 atom stereocenters. The minimum absolute atomic E-state index is 0.159. The number of hydrogen-bond acceptors (Lipinski definition) is 6. The molecule has 0 amide bonds. The molecule has 0 saturated carbocycles. The Balaban J connectivity index is 2.09. The van der Waals surface area contributed by atoms with Gasteiger partial charge in [-0.3, -0.25) is 0 Å². The summed E-state index contributed by atoms with van der Waals surface area (Å²) in [5.41, 5.74) is -5.50. The third kappa shape index (κ3) is 4.52. The van der Waals surface area contributed by atoms with Gasteiger partial charge in [0.15, 0.2) is 0 Å². The molecule has 0 bridgehead atoms. The van der Waals surface area contributed by atoms with E-state index in [-0.39, 0.29) is 17.3 Å². The van der Waals surface area contributed by atoms with E-state index in [1.54, 1.807) is 38.1 Å². The highest BCUT2D eigenvalue weighted by Gasteiger charge is 2.52. The molecule has 0 N–H and O–H groups in total. The van der Waals surface area contributed by atoms with Gasteiger partial charge in [0.2, 0.25) is 0 Å². The Labute approximate surface area is 173 Å². The van der Waals surface area contributed by atoms with Gasteiger partial charge in [-0.25, -0.2) is 8.42 Å². The Bertz CT molecular complexity index is 1040. The SMILES string of the molecule is CC(C)OC(=O)Oc1ccc(S2(OS(=O)(=O)C(F)(F)F)CCCC2)c2ccccc12. The first-order chi connectivity index (χ1) is 14.0. The molecule has 2 aromatic rings. The Morgan fingerprint density at radius 1 is 1.03 bits per heavy atom. The fraction of sp³-hybridized carbons (Fsp3) is 0.421. The molecule has 3 rings (SSSR count). The Kier molecular flexibility index (Phi) is 6.26. The van der Waals surface area contributed by atoms with Crippen LogP contribution in [0.2, 0.25) is 0 Å². The Morgan fingerprint density at radius 3 is 2.20 bits per heavy atom. The van der Waals surface area contributed by atoms with Crippen molar-refractivity contribution in [3.63, 3.8) is 0 Å². The maximum absolute atomic E-state index is 13.0. The van der Waals surface area contributed by atoms with E-state index in [4.69, 9.17) is 13.1 Å². The number of alkyl halides is 3. The van der Waals surface area contributed by atoms with Crippen LogP contribution in [0.1, 0.15) is 26.7 Å². The van der Waals surface area contributed by atoms with Crippen LogP contribution in [0.25, 0.3) is 10.8 Å². The minimum atomic E-state index is -5.77. The number of benzene rings is 2. The van der Waals surface area contributed by atoms with Crippen molar-refractivity contribution in [2.45, 2.75) is 43.2 Å². The normalized spacial score (nSPS) is 17.8. The van der Waals surface area contributed by atoms with E-state index >= 15 is 0 Å². The van der Waals surface area contributed by atoms with Gasteiger partial charge in [-0.15, -0.1) is 0 Å². The summed E-state index contributed by atoms with van der Waals surface area (Å²) in [6.45, 7) is 3.32. The summed E-state index contributed by atoms with van der Waals surface area (Å²) in [5, 5.41) is 0.920. The average Bonchev–Trinajstić information content (AvgIpc) is 3.09. The molecule has 1 aliphatic rings. The van der Waals surface area contributed by atoms with Gasteiger partial charge in [-0.1, -0.05) is 34.6 Å². The molecule has 2 aromatic carbocycles. The van der Waals surface area contributed by atoms with Gasteiger partial charge in [0.05, 0.1) is 6.10 Å². The van der Waals surface area contributed by atoms with E-state index in [9.17, 15) is 26.4 Å². The molecule has 0 radical (unpaired) electrons. The molecule has 0 unspecified atom stereocenters. The van der Waals surface area contributed by atoms with E-state index in [2.05, 4.69) is 0 Å². The van der Waals surface area contributed by atoms with Crippen molar-refractivity contribution in [1.29, 1.82) is 0 Å². The zero-order valence-corrected chi connectivity index (χ0v) is 17.9. The zero-order chi connectivity index (χ0) is 22.2. The lowest BCUT2D eigenvalue weighted by Crippen LogP contribution is -2.27. The molecule has 0 aromatic heterocycles. The number of fused-ring (bicyclic) bond motifs is 1. The van der Waals surface area contributed by atoms with Gasteiger partial charge >= 0.3 is 21.8 Å². The van der Waals surface area contributed by atoms with Crippen LogP contribution >= 0.6 is 10.3 Å². The summed E-state index contributed by atoms with van der Waals surface area (Å²) in [7, 11) is -8.52. The number of carbonyl (C=O) groups excluding carboxylic acids is 1. The number of halogens is 3. The smallest absolute Gasteiger partial charge is 0.431 e. The quantitative estimate of drug-likeness (QED) is 0.329. The second-order valence-electron chi connectivity index (χ2n) is 7.02. The van der Waals surface area contributed by atoms with E-state index < -0.39 is 38.2 Å². The molecule has 11 heteroatoms. The van der Waals surface area contributed by atoms with Crippen molar-refractivity contribution in [3.05, 3.63) is 36.4 Å². The second kappa shape index (κ2) is 8.27. The summed E-state index contributed by atoms with van der Waals surface area (Å²) in [4.78, 5) is 12.3. The molecule has 30 heavy (non-hydrogen) atoms.